The van der Waals surface area contributed by atoms with E-state index in [4.69, 9.17) is 0 Å². The number of aliphatic hydroxyl groups is 1. The number of aromatic amines is 1. The Morgan fingerprint density at radius 2 is 2.22 bits per heavy atom. The minimum absolute atomic E-state index is 0.127. The molecule has 0 saturated carbocycles. The summed E-state index contributed by atoms with van der Waals surface area (Å²) >= 11 is 0. The number of carbonyl (C=O) groups excluding carboxylic acids is 1. The molecule has 3 heterocycles. The van der Waals surface area contributed by atoms with Gasteiger partial charge in [-0.3, -0.25) is 4.79 Å². The van der Waals surface area contributed by atoms with E-state index in [1.54, 1.807) is 6.92 Å². The second-order valence-corrected chi connectivity index (χ2v) is 6.65. The Morgan fingerprint density at radius 3 is 3.00 bits per heavy atom. The highest BCUT2D eigenvalue weighted by Gasteiger charge is 2.36. The average molecular weight is 310 g/mol. The fraction of sp³-hybridized carbons (Fsp3) is 0.421. The molecule has 4 rings (SSSR count). The van der Waals surface area contributed by atoms with Crippen LogP contribution in [0.4, 0.5) is 0 Å². The average Bonchev–Trinajstić information content (AvgIpc) is 2.93. The van der Waals surface area contributed by atoms with Gasteiger partial charge in [0.05, 0.1) is 6.04 Å². The second-order valence-electron chi connectivity index (χ2n) is 6.65. The fourth-order valence-corrected chi connectivity index (χ4v) is 4.23. The first-order chi connectivity index (χ1) is 11.2. The van der Waals surface area contributed by atoms with Gasteiger partial charge in [0.15, 0.2) is 5.78 Å². The predicted octanol–water partition coefficient (Wildman–Crippen LogP) is 2.94. The van der Waals surface area contributed by atoms with Crippen molar-refractivity contribution >= 4 is 16.7 Å². The summed E-state index contributed by atoms with van der Waals surface area (Å²) in [5.74, 6) is 0.278. The Balaban J connectivity index is 1.78. The van der Waals surface area contributed by atoms with Gasteiger partial charge in [0, 0.05) is 41.5 Å². The van der Waals surface area contributed by atoms with Crippen molar-refractivity contribution in [2.24, 2.45) is 5.92 Å². The monoisotopic (exact) mass is 310 g/mol. The molecular weight excluding hydrogens is 288 g/mol. The highest BCUT2D eigenvalue weighted by molar-refractivity contribution is 5.94. The van der Waals surface area contributed by atoms with Crippen molar-refractivity contribution in [1.82, 2.24) is 9.88 Å². The van der Waals surface area contributed by atoms with Crippen LogP contribution in [0.2, 0.25) is 0 Å². The zero-order valence-corrected chi connectivity index (χ0v) is 13.4. The highest BCUT2D eigenvalue weighted by atomic mass is 16.3. The van der Waals surface area contributed by atoms with Gasteiger partial charge in [-0.25, -0.2) is 0 Å². The van der Waals surface area contributed by atoms with Crippen molar-refractivity contribution in [3.8, 4) is 0 Å². The molecule has 0 bridgehead atoms. The highest BCUT2D eigenvalue weighted by Crippen LogP contribution is 2.43. The van der Waals surface area contributed by atoms with Crippen molar-refractivity contribution in [2.75, 3.05) is 13.2 Å². The van der Waals surface area contributed by atoms with Crippen molar-refractivity contribution < 1.29 is 9.90 Å². The normalized spacial score (nSPS) is 23.4. The number of ketones is 1. The molecule has 0 amide bonds. The van der Waals surface area contributed by atoms with Gasteiger partial charge in [-0.2, -0.15) is 0 Å². The number of para-hydroxylation sites is 1. The molecule has 0 unspecified atom stereocenters. The van der Waals surface area contributed by atoms with Gasteiger partial charge in [-0.1, -0.05) is 18.2 Å². The number of nitrogens with one attached hydrogen (secondary N) is 1. The first kappa shape index (κ1) is 14.5. The molecule has 4 nitrogen and oxygen atoms in total. The minimum Gasteiger partial charge on any atom is -0.396 e. The molecule has 1 aromatic carbocycles. The number of fused-ring (bicyclic) bond motifs is 5. The summed E-state index contributed by atoms with van der Waals surface area (Å²) in [6.07, 6.45) is 4.60. The summed E-state index contributed by atoms with van der Waals surface area (Å²) in [6.45, 7) is 2.71. The van der Waals surface area contributed by atoms with E-state index in [0.717, 1.165) is 25.0 Å². The van der Waals surface area contributed by atoms with Gasteiger partial charge >= 0.3 is 0 Å². The van der Waals surface area contributed by atoms with E-state index in [2.05, 4.69) is 34.1 Å². The SMILES string of the molecule is CC(=O)C1=CN2CCc3c([nH]c4ccccc34)[C@@H]2C[C@@H]1CCO. The van der Waals surface area contributed by atoms with Crippen LogP contribution in [-0.4, -0.2) is 33.9 Å². The summed E-state index contributed by atoms with van der Waals surface area (Å²) in [5.41, 5.74) is 4.78. The predicted molar refractivity (Wildman–Crippen MR) is 90.0 cm³/mol. The Kier molecular flexibility index (Phi) is 3.49. The van der Waals surface area contributed by atoms with Crippen LogP contribution in [0, 0.1) is 5.92 Å². The molecule has 1 aromatic heterocycles. The van der Waals surface area contributed by atoms with Gasteiger partial charge in [0.25, 0.3) is 0 Å². The van der Waals surface area contributed by atoms with E-state index in [0.29, 0.717) is 6.42 Å². The van der Waals surface area contributed by atoms with E-state index >= 15 is 0 Å². The lowest BCUT2D eigenvalue weighted by atomic mass is 9.81. The smallest absolute Gasteiger partial charge is 0.157 e. The van der Waals surface area contributed by atoms with Crippen LogP contribution < -0.4 is 0 Å². The van der Waals surface area contributed by atoms with E-state index < -0.39 is 0 Å². The molecule has 2 N–H and O–H groups in total. The molecule has 0 aliphatic carbocycles. The van der Waals surface area contributed by atoms with Crippen molar-refractivity contribution in [2.45, 2.75) is 32.2 Å². The van der Waals surface area contributed by atoms with E-state index in [9.17, 15) is 9.90 Å². The Labute approximate surface area is 135 Å². The fourth-order valence-electron chi connectivity index (χ4n) is 4.23. The zero-order chi connectivity index (χ0) is 16.0. The molecule has 0 spiro atoms. The number of carbonyl (C=O) groups is 1. The topological polar surface area (TPSA) is 56.3 Å². The maximum Gasteiger partial charge on any atom is 0.157 e. The Bertz CT molecular complexity index is 790. The number of Topliss-reactive ketones (excluding diaryl/α,β-unsaturated/α-hetero) is 1. The first-order valence-corrected chi connectivity index (χ1v) is 8.37. The van der Waals surface area contributed by atoms with Gasteiger partial charge in [-0.15, -0.1) is 0 Å². The minimum atomic E-state index is 0.127. The summed E-state index contributed by atoms with van der Waals surface area (Å²) < 4.78 is 0. The third-order valence-corrected chi connectivity index (χ3v) is 5.34. The molecule has 2 aliphatic rings. The lowest BCUT2D eigenvalue weighted by molar-refractivity contribution is -0.114. The van der Waals surface area contributed by atoms with Gasteiger partial charge < -0.3 is 15.0 Å². The number of aliphatic hydroxyl groups excluding tert-OH is 1. The van der Waals surface area contributed by atoms with E-state index in [1.807, 2.05) is 6.20 Å². The summed E-state index contributed by atoms with van der Waals surface area (Å²) in [6, 6.07) is 8.75. The molecule has 2 aliphatic heterocycles. The van der Waals surface area contributed by atoms with Crippen molar-refractivity contribution in [1.29, 1.82) is 0 Å². The summed E-state index contributed by atoms with van der Waals surface area (Å²) in [4.78, 5) is 17.9. The van der Waals surface area contributed by atoms with Crippen LogP contribution >= 0.6 is 0 Å². The van der Waals surface area contributed by atoms with Crippen LogP contribution in [0.3, 0.4) is 0 Å². The quantitative estimate of drug-likeness (QED) is 0.916. The van der Waals surface area contributed by atoms with Crippen LogP contribution in [-0.2, 0) is 11.2 Å². The number of nitrogens with zero attached hydrogens (tertiary/aromatic N) is 1. The number of aromatic nitrogens is 1. The molecule has 0 radical (unpaired) electrons. The van der Waals surface area contributed by atoms with Gasteiger partial charge in [0.1, 0.15) is 0 Å². The molecule has 4 heteroatoms. The maximum absolute atomic E-state index is 12.0. The number of benzene rings is 1. The van der Waals surface area contributed by atoms with Crippen LogP contribution in [0.25, 0.3) is 10.9 Å². The third kappa shape index (κ3) is 2.29. The van der Waals surface area contributed by atoms with Gasteiger partial charge in [-0.05, 0) is 43.7 Å². The summed E-state index contributed by atoms with van der Waals surface area (Å²) in [5, 5.41) is 10.7. The second kappa shape index (κ2) is 5.53. The lowest BCUT2D eigenvalue weighted by Crippen LogP contribution is -2.38. The largest absolute Gasteiger partial charge is 0.396 e. The number of hydrogen-bond donors (Lipinski definition) is 2. The summed E-state index contributed by atoms with van der Waals surface area (Å²) in [7, 11) is 0. The number of hydrogen-bond acceptors (Lipinski definition) is 3. The Hall–Kier alpha value is -2.07. The maximum atomic E-state index is 12.0. The van der Waals surface area contributed by atoms with Crippen molar-refractivity contribution in [3.63, 3.8) is 0 Å². The van der Waals surface area contributed by atoms with Crippen LogP contribution in [0.15, 0.2) is 36.0 Å². The van der Waals surface area contributed by atoms with Crippen LogP contribution in [0.1, 0.15) is 37.1 Å². The number of rotatable bonds is 3. The lowest BCUT2D eigenvalue weighted by Gasteiger charge is -2.41. The number of allylic oxidation sites excluding steroid dienone is 1. The van der Waals surface area contributed by atoms with Crippen molar-refractivity contribution in [3.05, 3.63) is 47.3 Å². The molecule has 2 atom stereocenters. The van der Waals surface area contributed by atoms with E-state index in [-0.39, 0.29) is 24.3 Å². The van der Waals surface area contributed by atoms with E-state index in [1.165, 1.54) is 22.2 Å². The standard InChI is InChI=1S/C19H22N2O2/c1-12(23)16-11-21-8-6-15-14-4-2-3-5-17(14)20-19(15)18(21)10-13(16)7-9-22/h2-5,11,13,18,20,22H,6-10H2,1H3/t13-,18-/m0/s1. The molecule has 23 heavy (non-hydrogen) atoms. The van der Waals surface area contributed by atoms with Crippen LogP contribution in [0.5, 0.6) is 0 Å². The Morgan fingerprint density at radius 1 is 1.39 bits per heavy atom. The third-order valence-electron chi connectivity index (χ3n) is 5.34. The zero-order valence-electron chi connectivity index (χ0n) is 13.4. The van der Waals surface area contributed by atoms with Gasteiger partial charge in [0.2, 0.25) is 0 Å². The molecular formula is C19H22N2O2. The molecule has 0 saturated heterocycles. The molecule has 2 aromatic rings. The first-order valence-electron chi connectivity index (χ1n) is 8.37. The molecule has 0 fully saturated rings. The molecule has 120 valence electrons. The number of H-pyrrole nitrogens is 1.